The number of hydrogen-bond donors (Lipinski definition) is 1. The van der Waals surface area contributed by atoms with Gasteiger partial charge in [0, 0.05) is 30.3 Å². The van der Waals surface area contributed by atoms with E-state index in [9.17, 15) is 9.18 Å². The Morgan fingerprint density at radius 2 is 2.12 bits per heavy atom. The summed E-state index contributed by atoms with van der Waals surface area (Å²) in [7, 11) is 0. The van der Waals surface area contributed by atoms with E-state index in [1.165, 1.54) is 12.3 Å². The smallest absolute Gasteiger partial charge is 0.165 e. The van der Waals surface area contributed by atoms with Gasteiger partial charge in [-0.2, -0.15) is 0 Å². The first kappa shape index (κ1) is 12.8. The van der Waals surface area contributed by atoms with Crippen LogP contribution in [0.25, 0.3) is 0 Å². The molecule has 16 heavy (non-hydrogen) atoms. The topological polar surface area (TPSA) is 42.0 Å². The molecule has 0 aliphatic carbocycles. The number of halogens is 1. The maximum atomic E-state index is 12.8. The fourth-order valence-corrected chi connectivity index (χ4v) is 1.26. The van der Waals surface area contributed by atoms with E-state index in [2.05, 4.69) is 10.3 Å². The maximum Gasteiger partial charge on any atom is 0.165 e. The summed E-state index contributed by atoms with van der Waals surface area (Å²) in [5.74, 6) is -0.571. The van der Waals surface area contributed by atoms with Gasteiger partial charge in [0.05, 0.1) is 6.20 Å². The highest BCUT2D eigenvalue weighted by Gasteiger charge is 2.11. The van der Waals surface area contributed by atoms with Gasteiger partial charge in [0.25, 0.3) is 0 Å². The first-order valence-electron chi connectivity index (χ1n) is 5.27. The van der Waals surface area contributed by atoms with Crippen LogP contribution in [0.5, 0.6) is 0 Å². The number of carbonyl (C=O) groups is 1. The average molecular weight is 224 g/mol. The highest BCUT2D eigenvalue weighted by Crippen LogP contribution is 2.05. The molecule has 0 bridgehead atoms. The number of pyridine rings is 1. The summed E-state index contributed by atoms with van der Waals surface area (Å²) in [6, 6.07) is 1.21. The Balaban J connectivity index is 2.47. The molecule has 0 aliphatic rings. The lowest BCUT2D eigenvalue weighted by molar-refractivity contribution is 0.0980. The summed E-state index contributed by atoms with van der Waals surface area (Å²) < 4.78 is 12.8. The molecule has 0 amide bonds. The number of aromatic nitrogens is 1. The van der Waals surface area contributed by atoms with Crippen molar-refractivity contribution in [1.29, 1.82) is 0 Å². The van der Waals surface area contributed by atoms with Crippen molar-refractivity contribution >= 4 is 5.78 Å². The molecular weight excluding hydrogens is 207 g/mol. The predicted octanol–water partition coefficient (Wildman–Crippen LogP) is 2.18. The first-order chi connectivity index (χ1) is 7.38. The minimum atomic E-state index is -0.477. The van der Waals surface area contributed by atoms with Crippen molar-refractivity contribution in [3.05, 3.63) is 29.8 Å². The SMILES string of the molecule is CC(C)(C)NCCC(=O)c1cncc(F)c1. The lowest BCUT2D eigenvalue weighted by Gasteiger charge is -2.20. The molecule has 0 atom stereocenters. The van der Waals surface area contributed by atoms with Crippen LogP contribution < -0.4 is 5.32 Å². The summed E-state index contributed by atoms with van der Waals surface area (Å²) in [6.07, 6.45) is 2.83. The third-order valence-corrected chi connectivity index (χ3v) is 2.03. The van der Waals surface area contributed by atoms with Crippen molar-refractivity contribution in [2.45, 2.75) is 32.7 Å². The van der Waals surface area contributed by atoms with Crippen LogP contribution >= 0.6 is 0 Å². The fraction of sp³-hybridized carbons (Fsp3) is 0.500. The lowest BCUT2D eigenvalue weighted by Crippen LogP contribution is -2.37. The molecular formula is C12H17FN2O. The van der Waals surface area contributed by atoms with Crippen molar-refractivity contribution in [3.63, 3.8) is 0 Å². The molecule has 1 N–H and O–H groups in total. The van der Waals surface area contributed by atoms with E-state index in [1.807, 2.05) is 20.8 Å². The molecule has 3 nitrogen and oxygen atoms in total. The summed E-state index contributed by atoms with van der Waals surface area (Å²) in [4.78, 5) is 15.3. The average Bonchev–Trinajstić information content (AvgIpc) is 2.15. The van der Waals surface area contributed by atoms with E-state index in [0.717, 1.165) is 6.20 Å². The first-order valence-corrected chi connectivity index (χ1v) is 5.27. The van der Waals surface area contributed by atoms with Crippen molar-refractivity contribution in [3.8, 4) is 0 Å². The quantitative estimate of drug-likeness (QED) is 0.797. The second kappa shape index (κ2) is 5.16. The fourth-order valence-electron chi connectivity index (χ4n) is 1.26. The number of hydrogen-bond acceptors (Lipinski definition) is 3. The van der Waals surface area contributed by atoms with Gasteiger partial charge >= 0.3 is 0 Å². The molecule has 1 rings (SSSR count). The lowest BCUT2D eigenvalue weighted by atomic mass is 10.1. The molecule has 1 heterocycles. The summed E-state index contributed by atoms with van der Waals surface area (Å²) in [5.41, 5.74) is 0.316. The van der Waals surface area contributed by atoms with Gasteiger partial charge in [-0.15, -0.1) is 0 Å². The van der Waals surface area contributed by atoms with Gasteiger partial charge in [0.2, 0.25) is 0 Å². The van der Waals surface area contributed by atoms with E-state index in [4.69, 9.17) is 0 Å². The molecule has 88 valence electrons. The van der Waals surface area contributed by atoms with E-state index >= 15 is 0 Å². The van der Waals surface area contributed by atoms with Gasteiger partial charge in [0.1, 0.15) is 5.82 Å². The Morgan fingerprint density at radius 1 is 1.44 bits per heavy atom. The second-order valence-corrected chi connectivity index (χ2v) is 4.74. The van der Waals surface area contributed by atoms with Gasteiger partial charge in [-0.25, -0.2) is 4.39 Å². The van der Waals surface area contributed by atoms with Crippen molar-refractivity contribution < 1.29 is 9.18 Å². The van der Waals surface area contributed by atoms with E-state index in [0.29, 0.717) is 18.5 Å². The van der Waals surface area contributed by atoms with Gasteiger partial charge in [0.15, 0.2) is 5.78 Å². The largest absolute Gasteiger partial charge is 0.312 e. The van der Waals surface area contributed by atoms with Crippen LogP contribution in [0.4, 0.5) is 4.39 Å². The molecule has 0 radical (unpaired) electrons. The molecule has 0 spiro atoms. The molecule has 1 aromatic rings. The zero-order valence-corrected chi connectivity index (χ0v) is 9.88. The number of carbonyl (C=O) groups excluding carboxylic acids is 1. The Morgan fingerprint density at radius 3 is 2.69 bits per heavy atom. The van der Waals surface area contributed by atoms with Crippen LogP contribution in [0, 0.1) is 5.82 Å². The normalized spacial score (nSPS) is 11.5. The van der Waals surface area contributed by atoms with Gasteiger partial charge in [-0.1, -0.05) is 0 Å². The molecule has 0 unspecified atom stereocenters. The Hall–Kier alpha value is -1.29. The van der Waals surface area contributed by atoms with Crippen LogP contribution in [0.15, 0.2) is 18.5 Å². The number of nitrogens with one attached hydrogen (secondary N) is 1. The Kier molecular flexibility index (Phi) is 4.12. The van der Waals surface area contributed by atoms with E-state index in [1.54, 1.807) is 0 Å². The third-order valence-electron chi connectivity index (χ3n) is 2.03. The molecule has 0 fully saturated rings. The number of ketones is 1. The van der Waals surface area contributed by atoms with Gasteiger partial charge < -0.3 is 5.32 Å². The van der Waals surface area contributed by atoms with Crippen LogP contribution in [0.2, 0.25) is 0 Å². The van der Waals surface area contributed by atoms with Crippen LogP contribution in [-0.2, 0) is 0 Å². The Bertz CT molecular complexity index is 372. The Labute approximate surface area is 95.1 Å². The molecule has 0 saturated carbocycles. The molecule has 0 saturated heterocycles. The number of rotatable bonds is 4. The van der Waals surface area contributed by atoms with E-state index < -0.39 is 5.82 Å². The predicted molar refractivity (Wildman–Crippen MR) is 60.9 cm³/mol. The zero-order chi connectivity index (χ0) is 12.2. The molecule has 4 heteroatoms. The molecule has 0 aliphatic heterocycles. The van der Waals surface area contributed by atoms with Gasteiger partial charge in [-0.3, -0.25) is 9.78 Å². The third kappa shape index (κ3) is 4.49. The van der Waals surface area contributed by atoms with Crippen LogP contribution in [-0.4, -0.2) is 22.9 Å². The number of nitrogens with zero attached hydrogens (tertiary/aromatic N) is 1. The zero-order valence-electron chi connectivity index (χ0n) is 9.88. The highest BCUT2D eigenvalue weighted by molar-refractivity contribution is 5.95. The summed E-state index contributed by atoms with van der Waals surface area (Å²) in [6.45, 7) is 6.67. The van der Waals surface area contributed by atoms with Gasteiger partial charge in [-0.05, 0) is 26.8 Å². The highest BCUT2D eigenvalue weighted by atomic mass is 19.1. The van der Waals surface area contributed by atoms with Crippen molar-refractivity contribution in [2.75, 3.05) is 6.54 Å². The summed E-state index contributed by atoms with van der Waals surface area (Å²) >= 11 is 0. The molecule has 0 aromatic carbocycles. The van der Waals surface area contributed by atoms with Crippen molar-refractivity contribution in [2.24, 2.45) is 0 Å². The van der Waals surface area contributed by atoms with Crippen LogP contribution in [0.1, 0.15) is 37.6 Å². The van der Waals surface area contributed by atoms with Crippen LogP contribution in [0.3, 0.4) is 0 Å². The monoisotopic (exact) mass is 224 g/mol. The second-order valence-electron chi connectivity index (χ2n) is 4.74. The minimum absolute atomic E-state index is 0.0134. The molecule has 1 aromatic heterocycles. The number of Topliss-reactive ketones (excluding diaryl/α,β-unsaturated/α-hetero) is 1. The maximum absolute atomic E-state index is 12.8. The standard InChI is InChI=1S/C12H17FN2O/c1-12(2,3)15-5-4-11(16)9-6-10(13)8-14-7-9/h6-8,15H,4-5H2,1-3H3. The minimum Gasteiger partial charge on any atom is -0.312 e. The summed E-state index contributed by atoms with van der Waals surface area (Å²) in [5, 5.41) is 3.20. The van der Waals surface area contributed by atoms with E-state index in [-0.39, 0.29) is 11.3 Å². The van der Waals surface area contributed by atoms with Crippen molar-refractivity contribution in [1.82, 2.24) is 10.3 Å².